The maximum absolute atomic E-state index is 12.5. The molecule has 2 atom stereocenters. The van der Waals surface area contributed by atoms with Crippen molar-refractivity contribution in [1.82, 2.24) is 10.3 Å². The van der Waals surface area contributed by atoms with Crippen LogP contribution in [0, 0.1) is 5.92 Å². The fraction of sp³-hybridized carbons (Fsp3) is 0.600. The van der Waals surface area contributed by atoms with Gasteiger partial charge in [0.05, 0.1) is 12.1 Å². The molecular weight excluding hydrogens is 418 g/mol. The zero-order valence-corrected chi connectivity index (χ0v) is 16.1. The van der Waals surface area contributed by atoms with Crippen LogP contribution in [0.15, 0.2) is 12.3 Å². The van der Waals surface area contributed by atoms with Gasteiger partial charge in [-0.3, -0.25) is 4.79 Å². The van der Waals surface area contributed by atoms with E-state index in [4.69, 9.17) is 22.1 Å². The summed E-state index contributed by atoms with van der Waals surface area (Å²) in [6.45, 7) is 0.270. The van der Waals surface area contributed by atoms with E-state index < -0.39 is 11.7 Å². The van der Waals surface area contributed by atoms with Gasteiger partial charge in [0.2, 0.25) is 11.8 Å². The van der Waals surface area contributed by atoms with Gasteiger partial charge in [0.15, 0.2) is 0 Å². The van der Waals surface area contributed by atoms with Crippen molar-refractivity contribution in [1.29, 1.82) is 0 Å². The van der Waals surface area contributed by atoms with Gasteiger partial charge in [0, 0.05) is 18.2 Å². The Morgan fingerprint density at radius 1 is 1.38 bits per heavy atom. The summed E-state index contributed by atoms with van der Waals surface area (Å²) in [5.41, 5.74) is 4.90. The van der Waals surface area contributed by atoms with E-state index in [0.717, 1.165) is 25.3 Å². The van der Waals surface area contributed by atoms with Crippen molar-refractivity contribution in [3.05, 3.63) is 22.8 Å². The van der Waals surface area contributed by atoms with Crippen molar-refractivity contribution in [3.63, 3.8) is 0 Å². The number of ether oxygens (including phenoxy) is 1. The fourth-order valence-electron chi connectivity index (χ4n) is 2.62. The number of hydrogen-bond donors (Lipinski definition) is 2. The lowest BCUT2D eigenvalue weighted by atomic mass is 9.85. The number of nitrogens with zero attached hydrogens (tertiary/aromatic N) is 1. The molecule has 2 unspecified atom stereocenters. The van der Waals surface area contributed by atoms with E-state index >= 15 is 0 Å². The standard InChI is InChI=1S/C15H19ClF3N3O2.2ClH/c16-12-7-10(15(17,18)19)8-22-14(12)24-5-4-21-13(23)9-2-1-3-11(20)6-9;;/h7-9,11H,1-6,20H2,(H,21,23);2*1H. The molecule has 1 aliphatic carbocycles. The van der Waals surface area contributed by atoms with Gasteiger partial charge >= 0.3 is 6.18 Å². The Balaban J connectivity index is 0.00000312. The lowest BCUT2D eigenvalue weighted by Crippen LogP contribution is -2.39. The van der Waals surface area contributed by atoms with Crippen LogP contribution in [0.3, 0.4) is 0 Å². The monoisotopic (exact) mass is 437 g/mol. The van der Waals surface area contributed by atoms with Gasteiger partial charge in [0.25, 0.3) is 0 Å². The Morgan fingerprint density at radius 3 is 2.65 bits per heavy atom. The van der Waals surface area contributed by atoms with Crippen LogP contribution in [0.1, 0.15) is 31.2 Å². The van der Waals surface area contributed by atoms with Crippen LogP contribution in [0.5, 0.6) is 5.88 Å². The molecule has 1 fully saturated rings. The number of amides is 1. The molecular formula is C15H21Cl3F3N3O2. The van der Waals surface area contributed by atoms with Crippen LogP contribution < -0.4 is 15.8 Å². The number of halogens is 6. The van der Waals surface area contributed by atoms with Crippen molar-refractivity contribution >= 4 is 42.3 Å². The number of carbonyl (C=O) groups excluding carboxylic acids is 1. The molecule has 0 saturated heterocycles. The molecule has 26 heavy (non-hydrogen) atoms. The molecule has 2 rings (SSSR count). The molecule has 1 heterocycles. The van der Waals surface area contributed by atoms with E-state index in [2.05, 4.69) is 10.3 Å². The summed E-state index contributed by atoms with van der Waals surface area (Å²) in [5, 5.41) is 2.50. The lowest BCUT2D eigenvalue weighted by Gasteiger charge is -2.25. The van der Waals surface area contributed by atoms with E-state index in [0.29, 0.717) is 12.6 Å². The van der Waals surface area contributed by atoms with Crippen LogP contribution in [0.2, 0.25) is 5.02 Å². The van der Waals surface area contributed by atoms with Gasteiger partial charge in [-0.05, 0) is 25.3 Å². The number of alkyl halides is 3. The van der Waals surface area contributed by atoms with E-state index in [-0.39, 0.29) is 66.7 Å². The molecule has 0 bridgehead atoms. The van der Waals surface area contributed by atoms with E-state index in [9.17, 15) is 18.0 Å². The molecule has 11 heteroatoms. The Hall–Kier alpha value is -0.960. The molecule has 1 aromatic heterocycles. The normalized spacial score (nSPS) is 19.7. The van der Waals surface area contributed by atoms with Gasteiger partial charge < -0.3 is 15.8 Å². The summed E-state index contributed by atoms with van der Waals surface area (Å²) in [4.78, 5) is 15.5. The predicted octanol–water partition coefficient (Wildman–Crippen LogP) is 3.61. The first-order chi connectivity index (χ1) is 11.3. The largest absolute Gasteiger partial charge is 0.475 e. The Labute approximate surface area is 167 Å². The first-order valence-corrected chi connectivity index (χ1v) is 8.04. The molecule has 1 aliphatic rings. The molecule has 150 valence electrons. The molecule has 1 aromatic rings. The van der Waals surface area contributed by atoms with E-state index in [1.54, 1.807) is 0 Å². The predicted molar refractivity (Wildman–Crippen MR) is 97.2 cm³/mol. The van der Waals surface area contributed by atoms with Crippen LogP contribution in [-0.2, 0) is 11.0 Å². The highest BCUT2D eigenvalue weighted by atomic mass is 35.5. The topological polar surface area (TPSA) is 77.2 Å². The molecule has 0 spiro atoms. The summed E-state index contributed by atoms with van der Waals surface area (Å²) < 4.78 is 42.7. The van der Waals surface area contributed by atoms with Gasteiger partial charge in [-0.15, -0.1) is 24.8 Å². The molecule has 0 aromatic carbocycles. The van der Waals surface area contributed by atoms with Crippen LogP contribution in [0.4, 0.5) is 13.2 Å². The van der Waals surface area contributed by atoms with Gasteiger partial charge in [-0.1, -0.05) is 18.0 Å². The van der Waals surface area contributed by atoms with Crippen LogP contribution >= 0.6 is 36.4 Å². The minimum absolute atomic E-state index is 0. The minimum Gasteiger partial charge on any atom is -0.475 e. The molecule has 0 aliphatic heterocycles. The third kappa shape index (κ3) is 7.34. The Kier molecular flexibility index (Phi) is 10.6. The molecule has 0 radical (unpaired) electrons. The Morgan fingerprint density at radius 2 is 2.08 bits per heavy atom. The fourth-order valence-corrected chi connectivity index (χ4v) is 2.84. The number of nitrogens with one attached hydrogen (secondary N) is 1. The summed E-state index contributed by atoms with van der Waals surface area (Å²) in [6.07, 6.45) is -0.509. The lowest BCUT2D eigenvalue weighted by molar-refractivity contribution is -0.137. The minimum atomic E-state index is -4.51. The number of aromatic nitrogens is 1. The van der Waals surface area contributed by atoms with Crippen molar-refractivity contribution < 1.29 is 22.7 Å². The molecule has 1 amide bonds. The highest BCUT2D eigenvalue weighted by Gasteiger charge is 2.31. The second-order valence-corrected chi connectivity index (χ2v) is 6.18. The average Bonchev–Trinajstić information content (AvgIpc) is 2.51. The smallest absolute Gasteiger partial charge is 0.417 e. The zero-order chi connectivity index (χ0) is 17.7. The van der Waals surface area contributed by atoms with Gasteiger partial charge in [-0.2, -0.15) is 13.2 Å². The van der Waals surface area contributed by atoms with Crippen molar-refractivity contribution in [3.8, 4) is 5.88 Å². The second kappa shape index (κ2) is 11.0. The highest BCUT2D eigenvalue weighted by Crippen LogP contribution is 2.33. The van der Waals surface area contributed by atoms with Gasteiger partial charge in [0.1, 0.15) is 11.6 Å². The number of rotatable bonds is 5. The average molecular weight is 439 g/mol. The number of carbonyl (C=O) groups is 1. The van der Waals surface area contributed by atoms with E-state index in [1.165, 1.54) is 0 Å². The summed E-state index contributed by atoms with van der Waals surface area (Å²) in [5.74, 6) is -0.277. The third-order valence-electron chi connectivity index (χ3n) is 3.86. The summed E-state index contributed by atoms with van der Waals surface area (Å²) in [6, 6.07) is 0.812. The molecule has 5 nitrogen and oxygen atoms in total. The van der Waals surface area contributed by atoms with Crippen LogP contribution in [-0.4, -0.2) is 30.1 Å². The van der Waals surface area contributed by atoms with Gasteiger partial charge in [-0.25, -0.2) is 4.98 Å². The first kappa shape index (κ1) is 25.0. The number of hydrogen-bond acceptors (Lipinski definition) is 4. The summed E-state index contributed by atoms with van der Waals surface area (Å²) in [7, 11) is 0. The van der Waals surface area contributed by atoms with Crippen molar-refractivity contribution in [2.45, 2.75) is 37.9 Å². The first-order valence-electron chi connectivity index (χ1n) is 7.66. The maximum atomic E-state index is 12.5. The van der Waals surface area contributed by atoms with Crippen molar-refractivity contribution in [2.75, 3.05) is 13.2 Å². The molecule has 1 saturated carbocycles. The number of nitrogens with two attached hydrogens (primary N) is 1. The van der Waals surface area contributed by atoms with Crippen molar-refractivity contribution in [2.24, 2.45) is 11.7 Å². The van der Waals surface area contributed by atoms with E-state index in [1.807, 2.05) is 0 Å². The quantitative estimate of drug-likeness (QED) is 0.689. The zero-order valence-electron chi connectivity index (χ0n) is 13.7. The second-order valence-electron chi connectivity index (χ2n) is 5.77. The summed E-state index contributed by atoms with van der Waals surface area (Å²) >= 11 is 5.73. The SMILES string of the molecule is Cl.Cl.NC1CCCC(C(=O)NCCOc2ncc(C(F)(F)F)cc2Cl)C1. The maximum Gasteiger partial charge on any atom is 0.417 e. The third-order valence-corrected chi connectivity index (χ3v) is 4.13. The van der Waals surface area contributed by atoms with Crippen LogP contribution in [0.25, 0.3) is 0 Å². The number of pyridine rings is 1. The Bertz CT molecular complexity index is 591. The highest BCUT2D eigenvalue weighted by molar-refractivity contribution is 6.31. The molecule has 3 N–H and O–H groups in total.